The molecule has 184 valence electrons. The van der Waals surface area contributed by atoms with Gasteiger partial charge in [0, 0.05) is 12.6 Å². The highest BCUT2D eigenvalue weighted by Gasteiger charge is 2.35. The van der Waals surface area contributed by atoms with E-state index in [1.54, 1.807) is 49.5 Å². The van der Waals surface area contributed by atoms with E-state index in [2.05, 4.69) is 5.32 Å². The van der Waals surface area contributed by atoms with Crippen molar-refractivity contribution in [3.63, 3.8) is 0 Å². The number of nitrogens with zero attached hydrogens (tertiary/aromatic N) is 1. The highest BCUT2D eigenvalue weighted by atomic mass is 16.5. The van der Waals surface area contributed by atoms with Crippen molar-refractivity contribution in [2.45, 2.75) is 51.2 Å². The predicted molar refractivity (Wildman–Crippen MR) is 132 cm³/mol. The van der Waals surface area contributed by atoms with Crippen molar-refractivity contribution >= 4 is 11.8 Å². The van der Waals surface area contributed by atoms with Crippen LogP contribution < -0.4 is 14.8 Å². The molecule has 0 spiro atoms. The Kier molecular flexibility index (Phi) is 7.75. The first-order valence-electron chi connectivity index (χ1n) is 11.9. The van der Waals surface area contributed by atoms with Crippen LogP contribution in [0.1, 0.15) is 59.0 Å². The summed E-state index contributed by atoms with van der Waals surface area (Å²) in [6, 6.07) is 15.7. The largest absolute Gasteiger partial charge is 0.493 e. The molecule has 0 saturated heterocycles. The van der Waals surface area contributed by atoms with Gasteiger partial charge < -0.3 is 24.1 Å². The molecule has 1 aromatic heterocycles. The van der Waals surface area contributed by atoms with E-state index in [-0.39, 0.29) is 30.2 Å². The molecule has 3 aromatic rings. The first-order chi connectivity index (χ1) is 17.0. The number of furan rings is 1. The van der Waals surface area contributed by atoms with Crippen molar-refractivity contribution < 1.29 is 23.5 Å². The molecule has 0 unspecified atom stereocenters. The van der Waals surface area contributed by atoms with E-state index >= 15 is 0 Å². The fourth-order valence-corrected chi connectivity index (χ4v) is 4.56. The molecule has 1 atom stereocenters. The van der Waals surface area contributed by atoms with Crippen LogP contribution in [0.3, 0.4) is 0 Å². The molecule has 7 nitrogen and oxygen atoms in total. The van der Waals surface area contributed by atoms with E-state index in [1.165, 1.54) is 6.26 Å². The molecule has 1 saturated carbocycles. The standard InChI is InChI=1S/C28H32N2O5/c1-19-10-12-20(13-11-19)18-30(28(32)24-9-6-16-35-24)26(27(31)29-22-7-4-5-8-22)21-14-15-23(33-2)25(17-21)34-3/h6,9-17,22,26H,4-5,7-8,18H2,1-3H3,(H,29,31)/t26-/m1/s1. The number of rotatable bonds is 9. The van der Waals surface area contributed by atoms with Crippen LogP contribution in [0.4, 0.5) is 0 Å². The fourth-order valence-electron chi connectivity index (χ4n) is 4.56. The Bertz CT molecular complexity index is 1130. The summed E-state index contributed by atoms with van der Waals surface area (Å²) < 4.78 is 16.3. The number of hydrogen-bond acceptors (Lipinski definition) is 5. The minimum Gasteiger partial charge on any atom is -0.493 e. The Labute approximate surface area is 206 Å². The van der Waals surface area contributed by atoms with Crippen molar-refractivity contribution in [3.05, 3.63) is 83.3 Å². The van der Waals surface area contributed by atoms with Gasteiger partial charge in [0.15, 0.2) is 17.3 Å². The van der Waals surface area contributed by atoms with Gasteiger partial charge in [-0.05, 0) is 55.2 Å². The number of ether oxygens (including phenoxy) is 2. The van der Waals surface area contributed by atoms with Crippen LogP contribution in [0.25, 0.3) is 0 Å². The fraction of sp³-hybridized carbons (Fsp3) is 0.357. The van der Waals surface area contributed by atoms with Crippen molar-refractivity contribution in [3.8, 4) is 11.5 Å². The van der Waals surface area contributed by atoms with Gasteiger partial charge in [-0.25, -0.2) is 0 Å². The van der Waals surface area contributed by atoms with Crippen LogP contribution in [0, 0.1) is 6.92 Å². The van der Waals surface area contributed by atoms with E-state index < -0.39 is 6.04 Å². The number of carbonyl (C=O) groups excluding carboxylic acids is 2. The van der Waals surface area contributed by atoms with Crippen LogP contribution in [-0.2, 0) is 11.3 Å². The smallest absolute Gasteiger partial charge is 0.290 e. The summed E-state index contributed by atoms with van der Waals surface area (Å²) in [6.07, 6.45) is 5.51. The Morgan fingerprint density at radius 3 is 2.37 bits per heavy atom. The molecule has 1 N–H and O–H groups in total. The minimum absolute atomic E-state index is 0.102. The normalized spacial score (nSPS) is 14.4. The molecule has 0 bridgehead atoms. The van der Waals surface area contributed by atoms with Gasteiger partial charge in [-0.2, -0.15) is 0 Å². The van der Waals surface area contributed by atoms with E-state index in [4.69, 9.17) is 13.9 Å². The molecule has 7 heteroatoms. The zero-order chi connectivity index (χ0) is 24.8. The summed E-state index contributed by atoms with van der Waals surface area (Å²) in [5, 5.41) is 3.18. The van der Waals surface area contributed by atoms with E-state index in [1.807, 2.05) is 31.2 Å². The lowest BCUT2D eigenvalue weighted by Crippen LogP contribution is -2.45. The molecule has 0 aliphatic heterocycles. The van der Waals surface area contributed by atoms with Gasteiger partial charge in [0.05, 0.1) is 20.5 Å². The number of methoxy groups -OCH3 is 2. The number of hydrogen-bond donors (Lipinski definition) is 1. The third-order valence-electron chi connectivity index (χ3n) is 6.45. The first kappa shape index (κ1) is 24.4. The van der Waals surface area contributed by atoms with Crippen molar-refractivity contribution in [1.82, 2.24) is 10.2 Å². The number of aryl methyl sites for hydroxylation is 1. The zero-order valence-electron chi connectivity index (χ0n) is 20.5. The second-order valence-corrected chi connectivity index (χ2v) is 8.90. The van der Waals surface area contributed by atoms with Gasteiger partial charge in [-0.1, -0.05) is 48.7 Å². The molecule has 35 heavy (non-hydrogen) atoms. The van der Waals surface area contributed by atoms with Gasteiger partial charge in [-0.3, -0.25) is 9.59 Å². The monoisotopic (exact) mass is 476 g/mol. The third kappa shape index (κ3) is 5.67. The topological polar surface area (TPSA) is 81.0 Å². The quantitative estimate of drug-likeness (QED) is 0.468. The van der Waals surface area contributed by atoms with E-state index in [0.29, 0.717) is 17.1 Å². The summed E-state index contributed by atoms with van der Waals surface area (Å²) in [7, 11) is 3.11. The van der Waals surface area contributed by atoms with Crippen LogP contribution in [-0.4, -0.2) is 37.0 Å². The van der Waals surface area contributed by atoms with Crippen molar-refractivity contribution in [2.75, 3.05) is 14.2 Å². The molecular weight excluding hydrogens is 444 g/mol. The van der Waals surface area contributed by atoms with Crippen LogP contribution >= 0.6 is 0 Å². The lowest BCUT2D eigenvalue weighted by Gasteiger charge is -2.32. The molecule has 4 rings (SSSR count). The number of benzene rings is 2. The molecule has 1 aliphatic rings. The lowest BCUT2D eigenvalue weighted by atomic mass is 10.0. The summed E-state index contributed by atoms with van der Waals surface area (Å²) in [5.41, 5.74) is 2.66. The lowest BCUT2D eigenvalue weighted by molar-refractivity contribution is -0.126. The molecule has 1 aliphatic carbocycles. The second-order valence-electron chi connectivity index (χ2n) is 8.90. The molecule has 2 aromatic carbocycles. The third-order valence-corrected chi connectivity index (χ3v) is 6.45. The van der Waals surface area contributed by atoms with E-state index in [9.17, 15) is 9.59 Å². The summed E-state index contributed by atoms with van der Waals surface area (Å²) >= 11 is 0. The van der Waals surface area contributed by atoms with Gasteiger partial charge >= 0.3 is 0 Å². The van der Waals surface area contributed by atoms with Crippen LogP contribution in [0.2, 0.25) is 0 Å². The Hall–Kier alpha value is -3.74. The number of amides is 2. The van der Waals surface area contributed by atoms with Crippen molar-refractivity contribution in [2.24, 2.45) is 0 Å². The maximum Gasteiger partial charge on any atom is 0.290 e. The summed E-state index contributed by atoms with van der Waals surface area (Å²) in [5.74, 6) is 0.627. The molecular formula is C28H32N2O5. The highest BCUT2D eigenvalue weighted by Crippen LogP contribution is 2.34. The highest BCUT2D eigenvalue weighted by molar-refractivity contribution is 5.96. The van der Waals surface area contributed by atoms with Gasteiger partial charge in [0.25, 0.3) is 5.91 Å². The Morgan fingerprint density at radius 2 is 1.74 bits per heavy atom. The van der Waals surface area contributed by atoms with Crippen molar-refractivity contribution in [1.29, 1.82) is 0 Å². The molecule has 0 radical (unpaired) electrons. The van der Waals surface area contributed by atoms with Gasteiger partial charge in [0.2, 0.25) is 5.91 Å². The summed E-state index contributed by atoms with van der Waals surface area (Å²) in [6.45, 7) is 2.24. The van der Waals surface area contributed by atoms with Crippen LogP contribution in [0.15, 0.2) is 65.3 Å². The van der Waals surface area contributed by atoms with E-state index in [0.717, 1.165) is 36.8 Å². The minimum atomic E-state index is -0.894. The van der Waals surface area contributed by atoms with Crippen LogP contribution in [0.5, 0.6) is 11.5 Å². The summed E-state index contributed by atoms with van der Waals surface area (Å²) in [4.78, 5) is 29.1. The first-order valence-corrected chi connectivity index (χ1v) is 11.9. The maximum absolute atomic E-state index is 13.8. The number of carbonyl (C=O) groups is 2. The van der Waals surface area contributed by atoms with Gasteiger partial charge in [0.1, 0.15) is 6.04 Å². The average Bonchev–Trinajstić information content (AvgIpc) is 3.59. The predicted octanol–water partition coefficient (Wildman–Crippen LogP) is 5.05. The molecule has 1 heterocycles. The maximum atomic E-state index is 13.8. The average molecular weight is 477 g/mol. The number of nitrogens with one attached hydrogen (secondary N) is 1. The molecule has 2 amide bonds. The zero-order valence-corrected chi connectivity index (χ0v) is 20.5. The van der Waals surface area contributed by atoms with Gasteiger partial charge in [-0.15, -0.1) is 0 Å². The SMILES string of the molecule is COc1ccc([C@H](C(=O)NC2CCCC2)N(Cc2ccc(C)cc2)C(=O)c2ccco2)cc1OC. The Morgan fingerprint density at radius 1 is 1.03 bits per heavy atom. The molecule has 1 fully saturated rings. The second kappa shape index (κ2) is 11.1. The Balaban J connectivity index is 1.78.